The molecule has 32 heavy (non-hydrogen) atoms. The molecule has 0 N–H and O–H groups in total. The molecule has 0 amide bonds. The first-order valence-corrected chi connectivity index (χ1v) is 9.52. The van der Waals surface area contributed by atoms with Crippen molar-refractivity contribution in [2.75, 3.05) is 0 Å². The van der Waals surface area contributed by atoms with Gasteiger partial charge in [0.2, 0.25) is 0 Å². The average Bonchev–Trinajstić information content (AvgIpc) is 2.58. The molecule has 0 aromatic carbocycles. The van der Waals surface area contributed by atoms with Crippen molar-refractivity contribution >= 4 is 6.16 Å². The number of carbonyl (C=O) groups is 1. The Balaban J connectivity index is 2.23. The third-order valence-electron chi connectivity index (χ3n) is 4.37. The van der Waals surface area contributed by atoms with E-state index >= 15 is 0 Å². The Kier molecular flexibility index (Phi) is 7.74. The maximum absolute atomic E-state index is 13.1. The van der Waals surface area contributed by atoms with E-state index in [2.05, 4.69) is 9.97 Å². The maximum atomic E-state index is 13.1. The third kappa shape index (κ3) is 9.11. The van der Waals surface area contributed by atoms with Crippen molar-refractivity contribution in [3.05, 3.63) is 60.2 Å². The minimum absolute atomic E-state index is 0.207. The predicted molar refractivity (Wildman–Crippen MR) is 102 cm³/mol. The summed E-state index contributed by atoms with van der Waals surface area (Å²) in [6, 6.07) is 9.08. The summed E-state index contributed by atoms with van der Waals surface area (Å²) in [6.45, 7) is 2.05. The molecule has 0 spiro atoms. The Morgan fingerprint density at radius 2 is 1.12 bits per heavy atom. The lowest BCUT2D eigenvalue weighted by atomic mass is 9.94. The highest BCUT2D eigenvalue weighted by Gasteiger charge is 2.46. The van der Waals surface area contributed by atoms with Gasteiger partial charge in [0.05, 0.1) is 12.8 Å². The van der Waals surface area contributed by atoms with Gasteiger partial charge < -0.3 is 9.47 Å². The molecule has 0 aliphatic rings. The monoisotopic (exact) mass is 464 g/mol. The Morgan fingerprint density at radius 3 is 1.41 bits per heavy atom. The van der Waals surface area contributed by atoms with E-state index < -0.39 is 55.4 Å². The van der Waals surface area contributed by atoms with Crippen LogP contribution in [0.1, 0.15) is 38.1 Å². The molecule has 2 heterocycles. The number of aromatic nitrogens is 2. The highest BCUT2D eigenvalue weighted by Crippen LogP contribution is 2.35. The van der Waals surface area contributed by atoms with Crippen LogP contribution < -0.4 is 0 Å². The molecule has 2 rings (SSSR count). The summed E-state index contributed by atoms with van der Waals surface area (Å²) in [6.07, 6.45) is -12.3. The molecule has 0 fully saturated rings. The van der Waals surface area contributed by atoms with Crippen molar-refractivity contribution in [1.82, 2.24) is 9.97 Å². The van der Waals surface area contributed by atoms with Crippen LogP contribution in [0.25, 0.3) is 0 Å². The van der Waals surface area contributed by atoms with Crippen molar-refractivity contribution in [3.8, 4) is 0 Å². The van der Waals surface area contributed by atoms with Crippen LogP contribution in [-0.4, -0.2) is 39.7 Å². The van der Waals surface area contributed by atoms with Gasteiger partial charge in [-0.2, -0.15) is 26.3 Å². The third-order valence-corrected chi connectivity index (χ3v) is 4.37. The second-order valence-electron chi connectivity index (χ2n) is 7.93. The number of pyridine rings is 2. The molecule has 2 aromatic rings. The molecule has 0 bridgehead atoms. The van der Waals surface area contributed by atoms with E-state index in [4.69, 9.17) is 9.47 Å². The first kappa shape index (κ1) is 25.4. The summed E-state index contributed by atoms with van der Waals surface area (Å²) >= 11 is 0. The number of halogens is 6. The summed E-state index contributed by atoms with van der Waals surface area (Å²) in [5.74, 6) is 0. The fraction of sp³-hybridized carbons (Fsp3) is 0.476. The Bertz CT molecular complexity index is 805. The Hall–Kier alpha value is -2.85. The number of rotatable bonds is 8. The maximum Gasteiger partial charge on any atom is 0.509 e. The standard InChI is InChI=1S/C21H22F6N2O3/c1-18(13-20(22,23)24,11-15-7-3-5-9-28-15)31-17(30)32-19(2,14-21(25,26)27)12-16-8-4-6-10-29-16/h3-10H,11-14H2,1-2H3. The Morgan fingerprint density at radius 1 is 0.750 bits per heavy atom. The van der Waals surface area contributed by atoms with Crippen molar-refractivity contribution < 1.29 is 40.6 Å². The van der Waals surface area contributed by atoms with E-state index in [1.54, 1.807) is 24.3 Å². The zero-order valence-corrected chi connectivity index (χ0v) is 17.3. The molecule has 0 saturated heterocycles. The number of carbonyl (C=O) groups excluding carboxylic acids is 1. The number of nitrogens with zero attached hydrogens (tertiary/aromatic N) is 2. The van der Waals surface area contributed by atoms with Gasteiger partial charge in [-0.05, 0) is 38.1 Å². The summed E-state index contributed by atoms with van der Waals surface area (Å²) in [5.41, 5.74) is -3.88. The van der Waals surface area contributed by atoms with Crippen molar-refractivity contribution in [2.45, 2.75) is 63.1 Å². The lowest BCUT2D eigenvalue weighted by Crippen LogP contribution is -2.44. The van der Waals surface area contributed by atoms with Gasteiger partial charge in [-0.3, -0.25) is 9.97 Å². The number of ether oxygens (including phenoxy) is 2. The van der Waals surface area contributed by atoms with E-state index in [1.807, 2.05) is 0 Å². The van der Waals surface area contributed by atoms with Crippen LogP contribution in [-0.2, 0) is 22.3 Å². The van der Waals surface area contributed by atoms with E-state index in [0.717, 1.165) is 13.8 Å². The molecule has 11 heteroatoms. The quantitative estimate of drug-likeness (QED) is 0.363. The molecule has 2 atom stereocenters. The number of hydrogen-bond donors (Lipinski definition) is 0. The van der Waals surface area contributed by atoms with Crippen LogP contribution in [0.15, 0.2) is 48.8 Å². The minimum atomic E-state index is -4.72. The van der Waals surface area contributed by atoms with Crippen LogP contribution >= 0.6 is 0 Å². The van der Waals surface area contributed by atoms with Crippen molar-refractivity contribution in [3.63, 3.8) is 0 Å². The molecule has 0 aliphatic carbocycles. The van der Waals surface area contributed by atoms with Crippen LogP contribution in [0, 0.1) is 0 Å². The van der Waals surface area contributed by atoms with Crippen LogP contribution in [0.5, 0.6) is 0 Å². The van der Waals surface area contributed by atoms with Crippen molar-refractivity contribution in [1.29, 1.82) is 0 Å². The first-order chi connectivity index (χ1) is 14.7. The van der Waals surface area contributed by atoms with Crippen LogP contribution in [0.2, 0.25) is 0 Å². The average molecular weight is 464 g/mol. The SMILES string of the molecule is CC(Cc1ccccn1)(CC(F)(F)F)OC(=O)OC(C)(Cc1ccccn1)CC(F)(F)F. The zero-order chi connectivity index (χ0) is 24.0. The topological polar surface area (TPSA) is 61.3 Å². The predicted octanol–water partition coefficient (Wildman–Crippen LogP) is 5.84. The van der Waals surface area contributed by atoms with Crippen LogP contribution in [0.3, 0.4) is 0 Å². The number of hydrogen-bond acceptors (Lipinski definition) is 5. The van der Waals surface area contributed by atoms with E-state index in [0.29, 0.717) is 0 Å². The first-order valence-electron chi connectivity index (χ1n) is 9.52. The fourth-order valence-corrected chi connectivity index (χ4v) is 3.31. The van der Waals surface area contributed by atoms with Gasteiger partial charge >= 0.3 is 18.5 Å². The van der Waals surface area contributed by atoms with Gasteiger partial charge in [0.25, 0.3) is 0 Å². The van der Waals surface area contributed by atoms with Gasteiger partial charge in [0.15, 0.2) is 0 Å². The largest absolute Gasteiger partial charge is 0.509 e. The second kappa shape index (κ2) is 9.74. The highest BCUT2D eigenvalue weighted by molar-refractivity contribution is 5.61. The van der Waals surface area contributed by atoms with E-state index in [1.165, 1.54) is 24.5 Å². The summed E-state index contributed by atoms with van der Waals surface area (Å²) in [5, 5.41) is 0. The van der Waals surface area contributed by atoms with Gasteiger partial charge in [0.1, 0.15) is 11.2 Å². The van der Waals surface area contributed by atoms with Gasteiger partial charge in [-0.1, -0.05) is 12.1 Å². The smallest absolute Gasteiger partial charge is 0.427 e. The van der Waals surface area contributed by atoms with E-state index in [-0.39, 0.29) is 11.4 Å². The van der Waals surface area contributed by atoms with Crippen LogP contribution in [0.4, 0.5) is 31.1 Å². The van der Waals surface area contributed by atoms with Gasteiger partial charge in [-0.25, -0.2) is 4.79 Å². The van der Waals surface area contributed by atoms with Crippen molar-refractivity contribution in [2.24, 2.45) is 0 Å². The normalized spacial score (nSPS) is 16.0. The Labute approximate surface area is 180 Å². The fourth-order valence-electron chi connectivity index (χ4n) is 3.31. The highest BCUT2D eigenvalue weighted by atomic mass is 19.4. The summed E-state index contributed by atoms with van der Waals surface area (Å²) in [7, 11) is 0. The van der Waals surface area contributed by atoms with E-state index in [9.17, 15) is 31.1 Å². The van der Waals surface area contributed by atoms with Gasteiger partial charge in [-0.15, -0.1) is 0 Å². The minimum Gasteiger partial charge on any atom is -0.427 e. The molecular formula is C21H22F6N2O3. The molecule has 2 aromatic heterocycles. The lowest BCUT2D eigenvalue weighted by molar-refractivity contribution is -0.191. The summed E-state index contributed by atoms with van der Waals surface area (Å²) < 4.78 is 88.8. The number of alkyl halides is 6. The zero-order valence-electron chi connectivity index (χ0n) is 17.3. The molecule has 2 unspecified atom stereocenters. The molecular weight excluding hydrogens is 442 g/mol. The summed E-state index contributed by atoms with van der Waals surface area (Å²) in [4.78, 5) is 20.3. The molecule has 0 saturated carbocycles. The molecule has 0 radical (unpaired) electrons. The second-order valence-corrected chi connectivity index (χ2v) is 7.93. The molecule has 5 nitrogen and oxygen atoms in total. The lowest BCUT2D eigenvalue weighted by Gasteiger charge is -2.34. The molecule has 176 valence electrons. The van der Waals surface area contributed by atoms with Gasteiger partial charge in [0, 0.05) is 36.6 Å². The molecule has 0 aliphatic heterocycles.